The van der Waals surface area contributed by atoms with Gasteiger partial charge in [-0.05, 0) is 12.1 Å². The molecule has 0 atom stereocenters. The molecule has 0 aliphatic carbocycles. The highest BCUT2D eigenvalue weighted by Gasteiger charge is 2.23. The van der Waals surface area contributed by atoms with E-state index < -0.39 is 17.7 Å². The maximum absolute atomic E-state index is 12.6. The predicted molar refractivity (Wildman–Crippen MR) is 75.8 cm³/mol. The van der Waals surface area contributed by atoms with Crippen molar-refractivity contribution >= 4 is 24.2 Å². The first kappa shape index (κ1) is 15.9. The normalized spacial score (nSPS) is 9.74. The first-order chi connectivity index (χ1) is 11.1. The van der Waals surface area contributed by atoms with Gasteiger partial charge in [-0.15, -0.1) is 0 Å². The van der Waals surface area contributed by atoms with Gasteiger partial charge in [0.2, 0.25) is 0 Å². The number of ketones is 1. The summed E-state index contributed by atoms with van der Waals surface area (Å²) in [6, 6.07) is 11.3. The van der Waals surface area contributed by atoms with E-state index in [0.717, 1.165) is 0 Å². The van der Waals surface area contributed by atoms with E-state index >= 15 is 0 Å². The second kappa shape index (κ2) is 6.99. The molecule has 116 valence electrons. The molecule has 0 fully saturated rings. The van der Waals surface area contributed by atoms with Crippen LogP contribution in [0, 0.1) is 0 Å². The highest BCUT2D eigenvalue weighted by molar-refractivity contribution is 6.17. The van der Waals surface area contributed by atoms with E-state index in [1.165, 1.54) is 48.5 Å². The van der Waals surface area contributed by atoms with Crippen LogP contribution in [0.4, 0.5) is 0 Å². The minimum atomic E-state index is -1.27. The second-order valence-corrected chi connectivity index (χ2v) is 4.29. The molecule has 0 heterocycles. The van der Waals surface area contributed by atoms with Gasteiger partial charge < -0.3 is 5.11 Å². The molecule has 0 amide bonds. The van der Waals surface area contributed by atoms with Gasteiger partial charge >= 0.3 is 18.4 Å². The van der Waals surface area contributed by atoms with Crippen molar-refractivity contribution < 1.29 is 34.1 Å². The SMILES string of the molecule is O=COOC(=O)c1ccccc1C(=O)c1ccccc1C(=O)O. The lowest BCUT2D eigenvalue weighted by molar-refractivity contribution is -0.218. The van der Waals surface area contributed by atoms with Crippen LogP contribution in [0.3, 0.4) is 0 Å². The van der Waals surface area contributed by atoms with E-state index in [4.69, 9.17) is 5.11 Å². The van der Waals surface area contributed by atoms with E-state index in [0.29, 0.717) is 0 Å². The number of carbonyl (C=O) groups is 4. The summed E-state index contributed by atoms with van der Waals surface area (Å²) in [6.45, 7) is -0.0813. The summed E-state index contributed by atoms with van der Waals surface area (Å²) in [5.41, 5.74) is -0.485. The molecule has 2 aromatic rings. The van der Waals surface area contributed by atoms with Gasteiger partial charge in [0.15, 0.2) is 5.78 Å². The lowest BCUT2D eigenvalue weighted by Gasteiger charge is -2.08. The Morgan fingerprint density at radius 2 is 1.30 bits per heavy atom. The summed E-state index contributed by atoms with van der Waals surface area (Å²) in [6.07, 6.45) is 0. The van der Waals surface area contributed by atoms with Crippen LogP contribution in [0.5, 0.6) is 0 Å². The van der Waals surface area contributed by atoms with E-state index in [-0.39, 0.29) is 28.7 Å². The molecule has 2 aromatic carbocycles. The van der Waals surface area contributed by atoms with Crippen molar-refractivity contribution in [3.05, 3.63) is 70.8 Å². The number of carboxylic acids is 1. The molecule has 2 rings (SSSR count). The van der Waals surface area contributed by atoms with Crippen molar-refractivity contribution in [3.63, 3.8) is 0 Å². The Bertz CT molecular complexity index is 780. The van der Waals surface area contributed by atoms with Crippen molar-refractivity contribution in [2.45, 2.75) is 0 Å². The molecule has 0 unspecified atom stereocenters. The number of hydrogen-bond donors (Lipinski definition) is 1. The quantitative estimate of drug-likeness (QED) is 0.375. The van der Waals surface area contributed by atoms with E-state index in [1.54, 1.807) is 0 Å². The molecule has 0 aromatic heterocycles. The third kappa shape index (κ3) is 3.41. The summed E-state index contributed by atoms with van der Waals surface area (Å²) in [5, 5.41) is 9.15. The van der Waals surface area contributed by atoms with Crippen LogP contribution in [0.2, 0.25) is 0 Å². The van der Waals surface area contributed by atoms with Crippen molar-refractivity contribution in [2.75, 3.05) is 0 Å². The smallest absolute Gasteiger partial charge is 0.387 e. The fourth-order valence-corrected chi connectivity index (χ4v) is 1.98. The number of carboxylic acid groups (broad SMARTS) is 1. The van der Waals surface area contributed by atoms with E-state index in [9.17, 15) is 19.2 Å². The summed E-state index contributed by atoms with van der Waals surface area (Å²) < 4.78 is 0. The highest BCUT2D eigenvalue weighted by atomic mass is 17.2. The molecule has 0 radical (unpaired) electrons. The van der Waals surface area contributed by atoms with Crippen molar-refractivity contribution in [1.82, 2.24) is 0 Å². The van der Waals surface area contributed by atoms with Crippen LogP contribution in [0.25, 0.3) is 0 Å². The molecule has 7 heteroatoms. The summed E-state index contributed by atoms with van der Waals surface area (Å²) >= 11 is 0. The molecule has 0 saturated carbocycles. The Morgan fingerprint density at radius 1 is 0.826 bits per heavy atom. The molecule has 0 spiro atoms. The lowest BCUT2D eigenvalue weighted by atomic mass is 9.95. The maximum Gasteiger partial charge on any atom is 0.387 e. The maximum atomic E-state index is 12.6. The number of benzene rings is 2. The van der Waals surface area contributed by atoms with E-state index in [2.05, 4.69) is 9.78 Å². The molecule has 0 aliphatic rings. The van der Waals surface area contributed by atoms with Gasteiger partial charge in [-0.25, -0.2) is 14.5 Å². The Hall–Kier alpha value is -3.48. The molecule has 0 aliphatic heterocycles. The Morgan fingerprint density at radius 3 is 1.83 bits per heavy atom. The highest BCUT2D eigenvalue weighted by Crippen LogP contribution is 2.19. The summed E-state index contributed by atoms with van der Waals surface area (Å²) in [7, 11) is 0. The Kier molecular flexibility index (Phi) is 4.83. The first-order valence-corrected chi connectivity index (χ1v) is 6.33. The average Bonchev–Trinajstić information content (AvgIpc) is 2.59. The molecule has 1 N–H and O–H groups in total. The Labute approximate surface area is 130 Å². The molecular formula is C16H10O7. The van der Waals surface area contributed by atoms with Gasteiger partial charge in [-0.1, -0.05) is 36.4 Å². The molecule has 7 nitrogen and oxygen atoms in total. The van der Waals surface area contributed by atoms with Gasteiger partial charge in [0, 0.05) is 11.1 Å². The van der Waals surface area contributed by atoms with Crippen LogP contribution in [-0.2, 0) is 14.6 Å². The molecule has 23 heavy (non-hydrogen) atoms. The molecule has 0 bridgehead atoms. The third-order valence-electron chi connectivity index (χ3n) is 2.96. The van der Waals surface area contributed by atoms with Gasteiger partial charge in [0.05, 0.1) is 11.1 Å². The van der Waals surface area contributed by atoms with Gasteiger partial charge in [0.25, 0.3) is 0 Å². The fraction of sp³-hybridized carbons (Fsp3) is 0. The first-order valence-electron chi connectivity index (χ1n) is 6.33. The zero-order chi connectivity index (χ0) is 16.8. The molecule has 0 saturated heterocycles. The number of hydrogen-bond acceptors (Lipinski definition) is 6. The lowest BCUT2D eigenvalue weighted by Crippen LogP contribution is -2.15. The van der Waals surface area contributed by atoms with Crippen LogP contribution < -0.4 is 0 Å². The zero-order valence-electron chi connectivity index (χ0n) is 11.6. The number of carbonyl (C=O) groups excluding carboxylic acids is 3. The summed E-state index contributed by atoms with van der Waals surface area (Å²) in [4.78, 5) is 53.8. The monoisotopic (exact) mass is 314 g/mol. The van der Waals surface area contributed by atoms with Crippen LogP contribution >= 0.6 is 0 Å². The van der Waals surface area contributed by atoms with Gasteiger partial charge in [0.1, 0.15) is 0 Å². The van der Waals surface area contributed by atoms with Crippen molar-refractivity contribution in [2.24, 2.45) is 0 Å². The summed E-state index contributed by atoms with van der Waals surface area (Å²) in [5.74, 6) is -2.98. The van der Waals surface area contributed by atoms with Crippen LogP contribution in [0.15, 0.2) is 48.5 Å². The van der Waals surface area contributed by atoms with Crippen LogP contribution in [-0.4, -0.2) is 29.3 Å². The van der Waals surface area contributed by atoms with Gasteiger partial charge in [-0.2, -0.15) is 0 Å². The second-order valence-electron chi connectivity index (χ2n) is 4.29. The third-order valence-corrected chi connectivity index (χ3v) is 2.96. The standard InChI is InChI=1S/C16H10O7/c17-9-22-23-16(21)13-8-4-2-6-11(13)14(18)10-5-1-3-7-12(10)15(19)20/h1-9H,(H,19,20). The van der Waals surface area contributed by atoms with Crippen molar-refractivity contribution in [1.29, 1.82) is 0 Å². The van der Waals surface area contributed by atoms with Gasteiger partial charge in [-0.3, -0.25) is 14.5 Å². The predicted octanol–water partition coefficient (Wildman–Crippen LogP) is 1.86. The minimum Gasteiger partial charge on any atom is -0.478 e. The number of aromatic carboxylic acids is 1. The largest absolute Gasteiger partial charge is 0.478 e. The van der Waals surface area contributed by atoms with E-state index in [1.807, 2.05) is 0 Å². The minimum absolute atomic E-state index is 0.0688. The Balaban J connectivity index is 2.47. The number of rotatable bonds is 6. The zero-order valence-corrected chi connectivity index (χ0v) is 11.6. The van der Waals surface area contributed by atoms with Crippen molar-refractivity contribution in [3.8, 4) is 0 Å². The topological polar surface area (TPSA) is 107 Å². The average molecular weight is 314 g/mol. The van der Waals surface area contributed by atoms with Crippen LogP contribution in [0.1, 0.15) is 36.6 Å². The fourth-order valence-electron chi connectivity index (χ4n) is 1.98. The molecular weight excluding hydrogens is 304 g/mol.